The van der Waals surface area contributed by atoms with Crippen LogP contribution in [0.3, 0.4) is 0 Å². The number of carbonyl (C=O) groups excluding carboxylic acids is 1. The molecule has 1 amide bonds. The van der Waals surface area contributed by atoms with E-state index in [0.717, 1.165) is 27.6 Å². The number of nitrogens with two attached hydrogens (primary N) is 1. The number of hydrogen-bond acceptors (Lipinski definition) is 5. The number of nitrogens with one attached hydrogen (secondary N) is 2. The topological polar surface area (TPSA) is 142 Å². The molecule has 41 heavy (non-hydrogen) atoms. The van der Waals surface area contributed by atoms with Crippen molar-refractivity contribution in [2.75, 3.05) is 18.8 Å². The van der Waals surface area contributed by atoms with Crippen molar-refractivity contribution < 1.29 is 21.6 Å². The van der Waals surface area contributed by atoms with Crippen LogP contribution < -0.4 is 10.5 Å². The summed E-state index contributed by atoms with van der Waals surface area (Å²) in [5, 5.41) is 1.31. The molecule has 1 aliphatic heterocycles. The summed E-state index contributed by atoms with van der Waals surface area (Å²) in [6.45, 7) is 2.61. The molecule has 1 saturated heterocycles. The number of benzene rings is 3. The lowest BCUT2D eigenvalue weighted by Gasteiger charge is -2.31. The highest BCUT2D eigenvalue weighted by atomic mass is 35.5. The first-order valence-electron chi connectivity index (χ1n) is 13.3. The van der Waals surface area contributed by atoms with Gasteiger partial charge in [-0.1, -0.05) is 29.8 Å². The van der Waals surface area contributed by atoms with Gasteiger partial charge in [0.15, 0.2) is 0 Å². The molecule has 0 saturated carbocycles. The van der Waals surface area contributed by atoms with Gasteiger partial charge in [-0.15, -0.1) is 0 Å². The number of H-pyrrole nitrogens is 1. The largest absolute Gasteiger partial charge is 0.366 e. The van der Waals surface area contributed by atoms with E-state index in [2.05, 4.69) is 9.71 Å². The van der Waals surface area contributed by atoms with Crippen LogP contribution in [0.2, 0.25) is 5.02 Å². The molecule has 1 aromatic heterocycles. The monoisotopic (exact) mass is 614 g/mol. The second-order valence-electron chi connectivity index (χ2n) is 10.1. The minimum atomic E-state index is -3.74. The van der Waals surface area contributed by atoms with E-state index in [4.69, 9.17) is 17.3 Å². The fraction of sp³-hybridized carbons (Fsp3) is 0.276. The van der Waals surface area contributed by atoms with Crippen molar-refractivity contribution in [2.45, 2.75) is 37.1 Å². The lowest BCUT2D eigenvalue weighted by Crippen LogP contribution is -2.38. The molecule has 9 nitrogen and oxygen atoms in total. The molecule has 0 radical (unpaired) electrons. The van der Waals surface area contributed by atoms with Gasteiger partial charge in [-0.3, -0.25) is 4.79 Å². The van der Waals surface area contributed by atoms with E-state index in [9.17, 15) is 21.6 Å². The lowest BCUT2D eigenvalue weighted by atomic mass is 9.88. The van der Waals surface area contributed by atoms with Crippen LogP contribution in [0.15, 0.2) is 71.8 Å². The molecule has 0 bridgehead atoms. The number of fused-ring (bicyclic) bond motifs is 1. The smallest absolute Gasteiger partial charge is 0.250 e. The van der Waals surface area contributed by atoms with Gasteiger partial charge >= 0.3 is 0 Å². The SMILES string of the molecule is CCS(=O)(=O)N1CCC(c2c[nH]c3c(C(N)=O)cc(-c4cccc(CNS(=O)(=O)c5ccc(Cl)cc5)c4)cc23)CC1. The standard InChI is InChI=1S/C29H31ClN4O5S2/c1-2-40(36,37)34-12-10-20(11-13-34)27-18-32-28-25(27)15-22(16-26(28)29(31)35)21-5-3-4-19(14-21)17-33-41(38,39)24-8-6-23(30)7-9-24/h3-9,14-16,18,20,32-33H,2,10-13,17H2,1H3,(H2,31,35). The van der Waals surface area contributed by atoms with Gasteiger partial charge in [-0.2, -0.15) is 0 Å². The Bertz CT molecular complexity index is 1810. The van der Waals surface area contributed by atoms with E-state index >= 15 is 0 Å². The molecule has 1 aliphatic rings. The predicted octanol–water partition coefficient (Wildman–Crippen LogP) is 4.59. The molecular formula is C29H31ClN4O5S2. The Kier molecular flexibility index (Phi) is 8.27. The van der Waals surface area contributed by atoms with Gasteiger partial charge in [0.05, 0.1) is 21.7 Å². The molecule has 1 fully saturated rings. The van der Waals surface area contributed by atoms with Gasteiger partial charge in [0.25, 0.3) is 5.91 Å². The molecule has 0 spiro atoms. The van der Waals surface area contributed by atoms with Crippen LogP contribution >= 0.6 is 11.6 Å². The number of nitrogens with zero attached hydrogens (tertiary/aromatic N) is 1. The minimum Gasteiger partial charge on any atom is -0.366 e. The number of aromatic nitrogens is 1. The first kappa shape index (κ1) is 29.3. The number of amides is 1. The van der Waals surface area contributed by atoms with Crippen molar-refractivity contribution in [3.8, 4) is 11.1 Å². The van der Waals surface area contributed by atoms with Gasteiger partial charge in [0.2, 0.25) is 20.0 Å². The molecule has 4 N–H and O–H groups in total. The lowest BCUT2D eigenvalue weighted by molar-refractivity contribution is 0.100. The fourth-order valence-corrected chi connectivity index (χ4v) is 7.59. The van der Waals surface area contributed by atoms with Crippen molar-refractivity contribution in [3.63, 3.8) is 0 Å². The summed E-state index contributed by atoms with van der Waals surface area (Å²) in [6.07, 6.45) is 3.23. The van der Waals surface area contributed by atoms with Crippen LogP contribution in [-0.4, -0.2) is 50.9 Å². The fourth-order valence-electron chi connectivity index (χ4n) is 5.32. The van der Waals surface area contributed by atoms with Crippen molar-refractivity contribution in [1.29, 1.82) is 0 Å². The first-order valence-corrected chi connectivity index (χ1v) is 16.7. The summed E-state index contributed by atoms with van der Waals surface area (Å²) in [7, 11) is -6.98. The number of piperidine rings is 1. The number of halogens is 1. The van der Waals surface area contributed by atoms with Crippen LogP contribution in [0, 0.1) is 0 Å². The maximum Gasteiger partial charge on any atom is 0.250 e. The minimum absolute atomic E-state index is 0.0678. The van der Waals surface area contributed by atoms with Crippen LogP contribution in [0.1, 0.15) is 47.2 Å². The second-order valence-corrected chi connectivity index (χ2v) is 14.6. The highest BCUT2D eigenvalue weighted by molar-refractivity contribution is 7.89. The summed E-state index contributed by atoms with van der Waals surface area (Å²) in [5.41, 5.74) is 10.1. The summed E-state index contributed by atoms with van der Waals surface area (Å²) in [4.78, 5) is 15.8. The van der Waals surface area contributed by atoms with E-state index < -0.39 is 26.0 Å². The highest BCUT2D eigenvalue weighted by Gasteiger charge is 2.29. The summed E-state index contributed by atoms with van der Waals surface area (Å²) >= 11 is 5.88. The zero-order valence-corrected chi connectivity index (χ0v) is 24.8. The Morgan fingerprint density at radius 1 is 1.02 bits per heavy atom. The highest BCUT2D eigenvalue weighted by Crippen LogP contribution is 2.37. The zero-order chi connectivity index (χ0) is 29.4. The molecule has 0 aliphatic carbocycles. The first-order chi connectivity index (χ1) is 19.5. The number of sulfonamides is 2. The normalized spacial score (nSPS) is 15.4. The number of carbonyl (C=O) groups is 1. The van der Waals surface area contributed by atoms with Gasteiger partial charge in [0.1, 0.15) is 0 Å². The van der Waals surface area contributed by atoms with E-state index in [1.807, 2.05) is 36.5 Å². The van der Waals surface area contributed by atoms with E-state index in [-0.39, 0.29) is 23.1 Å². The van der Waals surface area contributed by atoms with Gasteiger partial charge in [-0.05, 0) is 90.4 Å². The number of rotatable bonds is 9. The Morgan fingerprint density at radius 2 is 1.73 bits per heavy atom. The summed E-state index contributed by atoms with van der Waals surface area (Å²) in [6, 6.07) is 17.1. The van der Waals surface area contributed by atoms with Crippen LogP contribution in [0.25, 0.3) is 22.0 Å². The Morgan fingerprint density at radius 3 is 2.39 bits per heavy atom. The van der Waals surface area contributed by atoms with Crippen LogP contribution in [0.4, 0.5) is 0 Å². The number of aromatic amines is 1. The third-order valence-corrected chi connectivity index (χ3v) is 11.1. The molecule has 0 atom stereocenters. The maximum atomic E-state index is 12.7. The molecule has 5 rings (SSSR count). The van der Waals surface area contributed by atoms with Crippen molar-refractivity contribution >= 4 is 48.5 Å². The number of hydrogen-bond donors (Lipinski definition) is 3. The average Bonchev–Trinajstić information content (AvgIpc) is 3.40. The second kappa shape index (κ2) is 11.6. The van der Waals surface area contributed by atoms with Gasteiger partial charge in [0, 0.05) is 36.2 Å². The zero-order valence-electron chi connectivity index (χ0n) is 22.4. The quantitative estimate of drug-likeness (QED) is 0.253. The molecule has 4 aromatic rings. The predicted molar refractivity (Wildman–Crippen MR) is 161 cm³/mol. The van der Waals surface area contributed by atoms with Gasteiger partial charge < -0.3 is 10.7 Å². The van der Waals surface area contributed by atoms with Crippen molar-refractivity contribution in [2.24, 2.45) is 5.73 Å². The summed E-state index contributed by atoms with van der Waals surface area (Å²) < 4.78 is 54.3. The molecule has 3 aromatic carbocycles. The van der Waals surface area contributed by atoms with Gasteiger partial charge in [-0.25, -0.2) is 25.9 Å². The van der Waals surface area contributed by atoms with E-state index in [0.29, 0.717) is 42.0 Å². The molecule has 12 heteroatoms. The summed E-state index contributed by atoms with van der Waals surface area (Å²) in [5.74, 6) is -0.366. The Labute approximate surface area is 244 Å². The Hall–Kier alpha value is -3.22. The van der Waals surface area contributed by atoms with Crippen LogP contribution in [-0.2, 0) is 26.6 Å². The van der Waals surface area contributed by atoms with E-state index in [1.54, 1.807) is 17.3 Å². The third kappa shape index (κ3) is 6.19. The average molecular weight is 615 g/mol. The molecule has 2 heterocycles. The maximum absolute atomic E-state index is 12.7. The van der Waals surface area contributed by atoms with Crippen LogP contribution in [0.5, 0.6) is 0 Å². The third-order valence-electron chi connectivity index (χ3n) is 7.59. The molecule has 0 unspecified atom stereocenters. The molecular weight excluding hydrogens is 584 g/mol. The molecule has 216 valence electrons. The number of primary amides is 1. The van der Waals surface area contributed by atoms with Crippen molar-refractivity contribution in [1.82, 2.24) is 14.0 Å². The van der Waals surface area contributed by atoms with E-state index in [1.165, 1.54) is 24.3 Å². The Balaban J connectivity index is 1.43. The van der Waals surface area contributed by atoms with Crippen molar-refractivity contribution in [3.05, 3.63) is 88.6 Å².